The number of nitrogens with one attached hydrogen (secondary N) is 2. The number of rotatable bonds is 8. The summed E-state index contributed by atoms with van der Waals surface area (Å²) >= 11 is 0. The molecule has 0 spiro atoms. The number of hydrogen-bond acceptors (Lipinski definition) is 5. The predicted octanol–water partition coefficient (Wildman–Crippen LogP) is 3.40. The van der Waals surface area contributed by atoms with Crippen LogP contribution < -0.4 is 15.4 Å². The van der Waals surface area contributed by atoms with Crippen molar-refractivity contribution < 1.29 is 4.74 Å². The van der Waals surface area contributed by atoms with Gasteiger partial charge < -0.3 is 15.4 Å². The van der Waals surface area contributed by atoms with Crippen molar-refractivity contribution in [1.82, 2.24) is 30.1 Å². The van der Waals surface area contributed by atoms with Gasteiger partial charge in [-0.1, -0.05) is 18.2 Å². The number of hydrogen-bond donors (Lipinski definition) is 2. The Bertz CT molecular complexity index is 1020. The molecule has 2 N–H and O–H groups in total. The normalized spacial score (nSPS) is 15.0. The number of para-hydroxylation sites is 1. The van der Waals surface area contributed by atoms with E-state index in [-0.39, 0.29) is 30.0 Å². The Labute approximate surface area is 212 Å². The zero-order valence-corrected chi connectivity index (χ0v) is 21.5. The molecule has 1 fully saturated rings. The van der Waals surface area contributed by atoms with Gasteiger partial charge in [0.1, 0.15) is 17.9 Å². The third-order valence-corrected chi connectivity index (χ3v) is 5.80. The molecule has 0 radical (unpaired) electrons. The Hall–Kier alpha value is -2.66. The fraction of sp³-hybridized carbons (Fsp3) is 0.375. The fourth-order valence-corrected chi connectivity index (χ4v) is 4.14. The molecule has 33 heavy (non-hydrogen) atoms. The minimum Gasteiger partial charge on any atom is -0.496 e. The molecule has 0 aliphatic carbocycles. The molecule has 0 amide bonds. The molecule has 0 bridgehead atoms. The number of guanidine groups is 1. The number of imidazole rings is 1. The van der Waals surface area contributed by atoms with Gasteiger partial charge in [0.15, 0.2) is 5.96 Å². The molecule has 1 atom stereocenters. The van der Waals surface area contributed by atoms with Gasteiger partial charge in [-0.25, -0.2) is 9.97 Å². The van der Waals surface area contributed by atoms with Crippen molar-refractivity contribution in [2.45, 2.75) is 25.4 Å². The third kappa shape index (κ3) is 6.44. The van der Waals surface area contributed by atoms with E-state index in [0.717, 1.165) is 42.7 Å². The summed E-state index contributed by atoms with van der Waals surface area (Å²) in [5.74, 6) is 2.54. The van der Waals surface area contributed by atoms with Gasteiger partial charge in [0.2, 0.25) is 0 Å². The van der Waals surface area contributed by atoms with Crippen LogP contribution in [0.4, 0.5) is 0 Å². The lowest BCUT2D eigenvalue weighted by atomic mass is 10.0. The van der Waals surface area contributed by atoms with E-state index in [1.54, 1.807) is 26.7 Å². The van der Waals surface area contributed by atoms with E-state index in [0.29, 0.717) is 6.54 Å². The second-order valence-electron chi connectivity index (χ2n) is 7.80. The molecule has 4 rings (SSSR count). The van der Waals surface area contributed by atoms with Crippen molar-refractivity contribution in [2.75, 3.05) is 33.8 Å². The number of likely N-dealkylation sites (tertiary alicyclic amines) is 1. The van der Waals surface area contributed by atoms with Crippen molar-refractivity contribution in [1.29, 1.82) is 0 Å². The van der Waals surface area contributed by atoms with Gasteiger partial charge in [0.25, 0.3) is 0 Å². The van der Waals surface area contributed by atoms with E-state index < -0.39 is 0 Å². The van der Waals surface area contributed by atoms with Gasteiger partial charge >= 0.3 is 0 Å². The number of ether oxygens (including phenoxy) is 1. The van der Waals surface area contributed by atoms with Gasteiger partial charge in [-0.2, -0.15) is 0 Å². The minimum absolute atomic E-state index is 0. The van der Waals surface area contributed by atoms with Crippen molar-refractivity contribution in [3.63, 3.8) is 0 Å². The van der Waals surface area contributed by atoms with E-state index in [2.05, 4.69) is 42.6 Å². The van der Waals surface area contributed by atoms with E-state index in [1.165, 1.54) is 18.4 Å². The van der Waals surface area contributed by atoms with Crippen LogP contribution in [0.5, 0.6) is 5.75 Å². The Balaban J connectivity index is 0.00000306. The van der Waals surface area contributed by atoms with E-state index in [9.17, 15) is 0 Å². The van der Waals surface area contributed by atoms with Crippen LogP contribution >= 0.6 is 24.0 Å². The SMILES string of the molecule is CN=C(NCc1ccnc(-n2ccnc2)c1)NCC(c1ccccc1OC)N1CCCC1.I. The monoisotopic (exact) mass is 561 g/mol. The Morgan fingerprint density at radius 3 is 2.70 bits per heavy atom. The summed E-state index contributed by atoms with van der Waals surface area (Å²) in [5, 5.41) is 6.94. The van der Waals surface area contributed by atoms with Crippen molar-refractivity contribution in [2.24, 2.45) is 4.99 Å². The van der Waals surface area contributed by atoms with E-state index in [1.807, 2.05) is 41.2 Å². The average Bonchev–Trinajstić information content (AvgIpc) is 3.56. The van der Waals surface area contributed by atoms with Crippen LogP contribution in [0.1, 0.15) is 30.0 Å². The van der Waals surface area contributed by atoms with Gasteiger partial charge in [0.05, 0.1) is 13.2 Å². The zero-order valence-electron chi connectivity index (χ0n) is 19.1. The van der Waals surface area contributed by atoms with Crippen molar-refractivity contribution in [3.05, 3.63) is 72.4 Å². The lowest BCUT2D eigenvalue weighted by molar-refractivity contribution is 0.239. The number of pyridine rings is 1. The molecule has 1 aliphatic heterocycles. The van der Waals surface area contributed by atoms with Gasteiger partial charge in [-0.05, 0) is 49.7 Å². The largest absolute Gasteiger partial charge is 0.496 e. The Kier molecular flexibility index (Phi) is 9.49. The highest BCUT2D eigenvalue weighted by Gasteiger charge is 2.26. The van der Waals surface area contributed by atoms with Gasteiger partial charge in [0, 0.05) is 44.3 Å². The second-order valence-corrected chi connectivity index (χ2v) is 7.80. The summed E-state index contributed by atoms with van der Waals surface area (Å²) in [6.07, 6.45) is 9.66. The minimum atomic E-state index is 0. The summed E-state index contributed by atoms with van der Waals surface area (Å²) in [4.78, 5) is 15.5. The quantitative estimate of drug-likeness (QED) is 0.250. The number of halogens is 1. The zero-order chi connectivity index (χ0) is 22.2. The van der Waals surface area contributed by atoms with E-state index in [4.69, 9.17) is 4.74 Å². The molecule has 1 aromatic carbocycles. The Morgan fingerprint density at radius 2 is 1.97 bits per heavy atom. The maximum Gasteiger partial charge on any atom is 0.191 e. The van der Waals surface area contributed by atoms with Crippen molar-refractivity contribution >= 4 is 29.9 Å². The van der Waals surface area contributed by atoms with Crippen LogP contribution in [0.15, 0.2) is 66.3 Å². The summed E-state index contributed by atoms with van der Waals surface area (Å²) < 4.78 is 7.55. The van der Waals surface area contributed by atoms with Crippen LogP contribution in [0.25, 0.3) is 5.82 Å². The van der Waals surface area contributed by atoms with Crippen LogP contribution in [0.2, 0.25) is 0 Å². The number of methoxy groups -OCH3 is 1. The number of aromatic nitrogens is 3. The topological polar surface area (TPSA) is 79.6 Å². The van der Waals surface area contributed by atoms with Crippen LogP contribution in [-0.4, -0.2) is 59.2 Å². The highest BCUT2D eigenvalue weighted by molar-refractivity contribution is 14.0. The van der Waals surface area contributed by atoms with E-state index >= 15 is 0 Å². The first-order valence-electron chi connectivity index (χ1n) is 11.0. The van der Waals surface area contributed by atoms with Crippen LogP contribution in [0.3, 0.4) is 0 Å². The molecule has 9 heteroatoms. The van der Waals surface area contributed by atoms with Crippen molar-refractivity contribution in [3.8, 4) is 11.6 Å². The first-order valence-corrected chi connectivity index (χ1v) is 11.0. The maximum atomic E-state index is 5.65. The molecular formula is C24H32IN7O. The highest BCUT2D eigenvalue weighted by Crippen LogP contribution is 2.31. The molecular weight excluding hydrogens is 529 g/mol. The van der Waals surface area contributed by atoms with Gasteiger partial charge in [-0.3, -0.25) is 14.5 Å². The molecule has 2 aromatic heterocycles. The number of nitrogens with zero attached hydrogens (tertiary/aromatic N) is 5. The smallest absolute Gasteiger partial charge is 0.191 e. The first-order chi connectivity index (χ1) is 15.8. The molecule has 1 unspecified atom stereocenters. The fourth-order valence-electron chi connectivity index (χ4n) is 4.14. The standard InChI is InChI=1S/C24H31N7O.HI/c1-25-24(28-16-19-9-10-27-23(15-19)31-14-11-26-18-31)29-17-21(30-12-5-6-13-30)20-7-3-4-8-22(20)32-2;/h3-4,7-11,14-15,18,21H,5-6,12-13,16-17H2,1-2H3,(H2,25,28,29);1H. The molecule has 1 saturated heterocycles. The summed E-state index contributed by atoms with van der Waals surface area (Å²) in [6.45, 7) is 3.60. The predicted molar refractivity (Wildman–Crippen MR) is 142 cm³/mol. The molecule has 0 saturated carbocycles. The summed E-state index contributed by atoms with van der Waals surface area (Å²) in [6, 6.07) is 12.6. The lowest BCUT2D eigenvalue weighted by Gasteiger charge is -2.30. The van der Waals surface area contributed by atoms with Gasteiger partial charge in [-0.15, -0.1) is 24.0 Å². The van der Waals surface area contributed by atoms with Crippen LogP contribution in [0, 0.1) is 0 Å². The number of aliphatic imine (C=N–C) groups is 1. The third-order valence-electron chi connectivity index (χ3n) is 5.80. The molecule has 176 valence electrons. The second kappa shape index (κ2) is 12.5. The highest BCUT2D eigenvalue weighted by atomic mass is 127. The van der Waals surface area contributed by atoms with Crippen LogP contribution in [-0.2, 0) is 6.54 Å². The Morgan fingerprint density at radius 1 is 1.15 bits per heavy atom. The molecule has 3 heterocycles. The first kappa shape index (κ1) is 25.0. The molecule has 1 aliphatic rings. The average molecular weight is 561 g/mol. The maximum absolute atomic E-state index is 5.65. The summed E-state index contributed by atoms with van der Waals surface area (Å²) in [5.41, 5.74) is 2.33. The number of benzene rings is 1. The molecule has 8 nitrogen and oxygen atoms in total. The summed E-state index contributed by atoms with van der Waals surface area (Å²) in [7, 11) is 3.54. The lowest BCUT2D eigenvalue weighted by Crippen LogP contribution is -2.42. The molecule has 3 aromatic rings.